The van der Waals surface area contributed by atoms with Gasteiger partial charge in [-0.05, 0) is 80.5 Å². The lowest BCUT2D eigenvalue weighted by molar-refractivity contribution is 0.249. The van der Waals surface area contributed by atoms with Crippen LogP contribution < -0.4 is 24.6 Å². The molecule has 1 aliphatic heterocycles. The minimum Gasteiger partial charge on any atom is -0.494 e. The molecule has 5 rings (SSSR count). The Morgan fingerprint density at radius 3 is 2.45 bits per heavy atom. The molecule has 0 bridgehead atoms. The van der Waals surface area contributed by atoms with Gasteiger partial charge in [0.1, 0.15) is 22.8 Å². The van der Waals surface area contributed by atoms with Gasteiger partial charge < -0.3 is 25.2 Å². The number of fused-ring (bicyclic) bond motifs is 1. The molecule has 0 atom stereocenters. The molecule has 0 radical (unpaired) electrons. The van der Waals surface area contributed by atoms with E-state index in [0.29, 0.717) is 50.4 Å². The molecule has 3 heterocycles. The lowest BCUT2D eigenvalue weighted by atomic mass is 10.0. The van der Waals surface area contributed by atoms with Gasteiger partial charge in [0.15, 0.2) is 0 Å². The Morgan fingerprint density at radius 1 is 1.07 bits per heavy atom. The third-order valence-corrected chi connectivity index (χ3v) is 9.67. The zero-order valence-corrected chi connectivity index (χ0v) is 28.2. The van der Waals surface area contributed by atoms with Crippen LogP contribution in [0.5, 0.6) is 5.75 Å². The van der Waals surface area contributed by atoms with Gasteiger partial charge in [0.05, 0.1) is 34.7 Å². The van der Waals surface area contributed by atoms with Gasteiger partial charge >= 0.3 is 0 Å². The number of piperidine rings is 1. The van der Waals surface area contributed by atoms with Crippen LogP contribution in [-0.4, -0.2) is 86.4 Å². The summed E-state index contributed by atoms with van der Waals surface area (Å²) in [5.74, 6) is 1.46. The number of methoxy groups -OCH3 is 1. The van der Waals surface area contributed by atoms with E-state index in [1.807, 2.05) is 0 Å². The predicted octanol–water partition coefficient (Wildman–Crippen LogP) is 5.30. The molecule has 2 aromatic heterocycles. The summed E-state index contributed by atoms with van der Waals surface area (Å²) in [7, 11) is 2.33. The second-order valence-electron chi connectivity index (χ2n) is 11.0. The van der Waals surface area contributed by atoms with Crippen molar-refractivity contribution >= 4 is 71.5 Å². The first-order valence-corrected chi connectivity index (χ1v) is 17.0. The molecule has 0 saturated carbocycles. The maximum Gasteiger partial charge on any atom is 0.232 e. The number of sulfonamides is 1. The number of halogens is 1. The zero-order chi connectivity index (χ0) is 31.6. The number of hydrogen-bond donors (Lipinski definition) is 2. The highest BCUT2D eigenvalue weighted by Crippen LogP contribution is 2.39. The molecule has 44 heavy (non-hydrogen) atoms. The summed E-state index contributed by atoms with van der Waals surface area (Å²) in [6.07, 6.45) is 8.15. The summed E-state index contributed by atoms with van der Waals surface area (Å²) in [4.78, 5) is 22.7. The molecule has 0 amide bonds. The average molecular weight is 685 g/mol. The van der Waals surface area contributed by atoms with E-state index < -0.39 is 10.0 Å². The molecular formula is C30H38BrN9O3S. The third kappa shape index (κ3) is 6.66. The average Bonchev–Trinajstić information content (AvgIpc) is 2.99. The highest BCUT2D eigenvalue weighted by Gasteiger charge is 2.25. The fourth-order valence-corrected chi connectivity index (χ4v) is 6.88. The Hall–Kier alpha value is -3.75. The number of benzene rings is 2. The van der Waals surface area contributed by atoms with Crippen molar-refractivity contribution in [1.29, 1.82) is 0 Å². The molecule has 2 aromatic carbocycles. The van der Waals surface area contributed by atoms with Crippen LogP contribution in [0.25, 0.3) is 11.0 Å². The van der Waals surface area contributed by atoms with E-state index in [0.717, 1.165) is 42.9 Å². The molecule has 14 heteroatoms. The molecule has 0 unspecified atom stereocenters. The molecule has 12 nitrogen and oxygen atoms in total. The fourth-order valence-electron chi connectivity index (χ4n) is 5.60. The number of aryl methyl sites for hydroxylation is 1. The first-order valence-electron chi connectivity index (χ1n) is 14.4. The third-order valence-electron chi connectivity index (χ3n) is 7.85. The van der Waals surface area contributed by atoms with Crippen molar-refractivity contribution in [2.45, 2.75) is 32.7 Å². The maximum absolute atomic E-state index is 12.8. The van der Waals surface area contributed by atoms with Gasteiger partial charge in [0.25, 0.3) is 0 Å². The van der Waals surface area contributed by atoms with E-state index in [1.54, 1.807) is 44.8 Å². The first kappa shape index (κ1) is 31.7. The molecular weight excluding hydrogens is 646 g/mol. The van der Waals surface area contributed by atoms with Crippen molar-refractivity contribution in [1.82, 2.24) is 24.8 Å². The van der Waals surface area contributed by atoms with Crippen molar-refractivity contribution in [3.05, 3.63) is 52.9 Å². The summed E-state index contributed by atoms with van der Waals surface area (Å²) >= 11 is 3.54. The van der Waals surface area contributed by atoms with E-state index in [9.17, 15) is 8.42 Å². The van der Waals surface area contributed by atoms with Gasteiger partial charge in [-0.1, -0.05) is 0 Å². The number of aromatic nitrogens is 4. The summed E-state index contributed by atoms with van der Waals surface area (Å²) in [6, 6.07) is 8.28. The van der Waals surface area contributed by atoms with Crippen molar-refractivity contribution in [3.63, 3.8) is 0 Å². The van der Waals surface area contributed by atoms with E-state index in [-0.39, 0.29) is 6.54 Å². The van der Waals surface area contributed by atoms with Gasteiger partial charge in [-0.15, -0.1) is 0 Å². The second kappa shape index (κ2) is 13.1. The van der Waals surface area contributed by atoms with Crippen LogP contribution in [0.3, 0.4) is 0 Å². The number of nitrogens with zero attached hydrogens (tertiary/aromatic N) is 7. The van der Waals surface area contributed by atoms with Crippen molar-refractivity contribution in [3.8, 4) is 5.75 Å². The van der Waals surface area contributed by atoms with E-state index in [4.69, 9.17) is 9.72 Å². The summed E-state index contributed by atoms with van der Waals surface area (Å²) in [5.41, 5.74) is 4.94. The quantitative estimate of drug-likeness (QED) is 0.226. The van der Waals surface area contributed by atoms with E-state index in [1.165, 1.54) is 10.6 Å². The summed E-state index contributed by atoms with van der Waals surface area (Å²) < 4.78 is 33.2. The summed E-state index contributed by atoms with van der Waals surface area (Å²) in [6.45, 7) is 6.06. The van der Waals surface area contributed by atoms with Crippen LogP contribution >= 0.6 is 15.9 Å². The normalized spacial score (nSPS) is 14.2. The zero-order valence-electron chi connectivity index (χ0n) is 25.8. The van der Waals surface area contributed by atoms with Gasteiger partial charge in [0.2, 0.25) is 16.0 Å². The molecule has 234 valence electrons. The SMILES string of the molecule is CCN(c1c(Nc2nc(Nc3cc(C)c(N4CCC(N(C)C)CC4)cc3OC)ncc2Br)ccc2nccnc12)S(C)(=O)=O. The number of hydrogen-bond acceptors (Lipinski definition) is 11. The Kier molecular flexibility index (Phi) is 9.42. The Morgan fingerprint density at radius 2 is 1.80 bits per heavy atom. The minimum atomic E-state index is -3.61. The monoisotopic (exact) mass is 683 g/mol. The maximum atomic E-state index is 12.8. The minimum absolute atomic E-state index is 0.212. The Labute approximate surface area is 267 Å². The van der Waals surface area contributed by atoms with Crippen molar-refractivity contribution in [2.24, 2.45) is 0 Å². The molecule has 4 aromatic rings. The topological polar surface area (TPSA) is 129 Å². The highest BCUT2D eigenvalue weighted by molar-refractivity contribution is 9.10. The lowest BCUT2D eigenvalue weighted by Gasteiger charge is -2.37. The Balaban J connectivity index is 1.45. The molecule has 0 aliphatic carbocycles. The van der Waals surface area contributed by atoms with Crippen molar-refractivity contribution in [2.75, 3.05) is 66.9 Å². The fraction of sp³-hybridized carbons (Fsp3) is 0.400. The van der Waals surface area contributed by atoms with Gasteiger partial charge in [0, 0.05) is 56.0 Å². The number of ether oxygens (including phenoxy) is 1. The smallest absolute Gasteiger partial charge is 0.232 e. The van der Waals surface area contributed by atoms with Crippen LogP contribution in [-0.2, 0) is 10.0 Å². The molecule has 1 aliphatic rings. The largest absolute Gasteiger partial charge is 0.494 e. The number of anilines is 6. The number of nitrogens with one attached hydrogen (secondary N) is 2. The molecule has 2 N–H and O–H groups in total. The lowest BCUT2D eigenvalue weighted by Crippen LogP contribution is -2.42. The van der Waals surface area contributed by atoms with Gasteiger partial charge in [-0.25, -0.2) is 13.4 Å². The first-order chi connectivity index (χ1) is 21.0. The highest BCUT2D eigenvalue weighted by atomic mass is 79.9. The van der Waals surface area contributed by atoms with Crippen LogP contribution in [0.4, 0.5) is 34.5 Å². The van der Waals surface area contributed by atoms with Crippen LogP contribution in [0.2, 0.25) is 0 Å². The van der Waals surface area contributed by atoms with Gasteiger partial charge in [-0.2, -0.15) is 4.98 Å². The van der Waals surface area contributed by atoms with E-state index >= 15 is 0 Å². The van der Waals surface area contributed by atoms with Gasteiger partial charge in [-0.3, -0.25) is 14.3 Å². The van der Waals surface area contributed by atoms with E-state index in [2.05, 4.69) is 84.5 Å². The number of rotatable bonds is 10. The Bertz CT molecular complexity index is 1760. The van der Waals surface area contributed by atoms with Crippen LogP contribution in [0.1, 0.15) is 25.3 Å². The summed E-state index contributed by atoms with van der Waals surface area (Å²) in [5, 5.41) is 6.61. The second-order valence-corrected chi connectivity index (χ2v) is 13.7. The predicted molar refractivity (Wildman–Crippen MR) is 180 cm³/mol. The van der Waals surface area contributed by atoms with Crippen molar-refractivity contribution < 1.29 is 13.2 Å². The molecule has 1 saturated heterocycles. The molecule has 1 fully saturated rings. The molecule has 0 spiro atoms. The van der Waals surface area contributed by atoms with Crippen LogP contribution in [0.15, 0.2) is 47.3 Å². The standard InChI is InChI=1S/C30H38BrN9O3S/c1-7-40(44(6,41)42)28-23(9-8-22-27(28)33-13-12-32-22)35-29-21(31)18-34-30(37-29)36-24-16-19(2)25(17-26(24)43-5)39-14-10-20(11-15-39)38(3)4/h8-9,12-13,16-18,20H,7,10-11,14-15H2,1-6H3,(H2,34,35,36,37). The van der Waals surface area contributed by atoms with Crippen LogP contribution in [0, 0.1) is 6.92 Å².